The number of carbonyl (C=O) groups excluding carboxylic acids is 1. The summed E-state index contributed by atoms with van der Waals surface area (Å²) in [6.45, 7) is 5.32. The maximum absolute atomic E-state index is 12.3. The molecule has 0 aromatic heterocycles. The van der Waals surface area contributed by atoms with E-state index in [4.69, 9.17) is 0 Å². The molecule has 0 unspecified atom stereocenters. The summed E-state index contributed by atoms with van der Waals surface area (Å²) in [5.41, 5.74) is 2.78. The topological polar surface area (TPSA) is 44.4 Å². The Hall–Kier alpha value is -1.55. The zero-order valence-corrected chi connectivity index (χ0v) is 15.6. The number of nitrogens with one attached hydrogen (secondary N) is 2. The van der Waals surface area contributed by atoms with Gasteiger partial charge in [0.2, 0.25) is 0 Å². The van der Waals surface area contributed by atoms with Gasteiger partial charge < -0.3 is 10.6 Å². The second-order valence-corrected chi connectivity index (χ2v) is 7.78. The van der Waals surface area contributed by atoms with E-state index in [9.17, 15) is 4.79 Å². The minimum absolute atomic E-state index is 0.0456. The summed E-state index contributed by atoms with van der Waals surface area (Å²) in [4.78, 5) is 14.8. The van der Waals surface area contributed by atoms with E-state index in [1.807, 2.05) is 0 Å². The highest BCUT2D eigenvalue weighted by molar-refractivity contribution is 5.74. The van der Waals surface area contributed by atoms with Crippen LogP contribution in [-0.2, 0) is 6.54 Å². The predicted molar refractivity (Wildman–Crippen MR) is 103 cm³/mol. The molecule has 4 heteroatoms. The zero-order valence-electron chi connectivity index (χ0n) is 15.6. The van der Waals surface area contributed by atoms with E-state index in [1.54, 1.807) is 0 Å². The molecule has 1 aromatic carbocycles. The minimum Gasteiger partial charge on any atom is -0.335 e. The number of rotatable bonds is 4. The summed E-state index contributed by atoms with van der Waals surface area (Å²) >= 11 is 0. The lowest BCUT2D eigenvalue weighted by Crippen LogP contribution is -2.49. The first-order valence-electron chi connectivity index (χ1n) is 10.0. The van der Waals surface area contributed by atoms with Crippen LogP contribution < -0.4 is 10.6 Å². The zero-order chi connectivity index (χ0) is 17.5. The molecule has 2 amide bonds. The molecule has 3 rings (SSSR count). The van der Waals surface area contributed by atoms with E-state index < -0.39 is 0 Å². The van der Waals surface area contributed by atoms with E-state index in [2.05, 4.69) is 46.7 Å². The van der Waals surface area contributed by atoms with Crippen LogP contribution in [0.15, 0.2) is 24.3 Å². The van der Waals surface area contributed by atoms with E-state index >= 15 is 0 Å². The molecule has 0 bridgehead atoms. The van der Waals surface area contributed by atoms with E-state index in [1.165, 1.54) is 36.8 Å². The Morgan fingerprint density at radius 2 is 1.56 bits per heavy atom. The van der Waals surface area contributed by atoms with Gasteiger partial charge >= 0.3 is 6.03 Å². The van der Waals surface area contributed by atoms with Crippen LogP contribution in [0.1, 0.15) is 62.5 Å². The number of piperidine rings is 1. The lowest BCUT2D eigenvalue weighted by atomic mass is 10.0. The third-order valence-corrected chi connectivity index (χ3v) is 5.77. The molecule has 1 heterocycles. The van der Waals surface area contributed by atoms with Gasteiger partial charge in [0.15, 0.2) is 0 Å². The molecular formula is C21H33N3O. The maximum atomic E-state index is 12.3. The van der Waals surface area contributed by atoms with Crippen molar-refractivity contribution in [2.24, 2.45) is 0 Å². The van der Waals surface area contributed by atoms with Gasteiger partial charge in [0.25, 0.3) is 0 Å². The van der Waals surface area contributed by atoms with Gasteiger partial charge in [-0.2, -0.15) is 0 Å². The first-order chi connectivity index (χ1) is 12.2. The van der Waals surface area contributed by atoms with Gasteiger partial charge in [-0.05, 0) is 43.7 Å². The fourth-order valence-corrected chi connectivity index (χ4v) is 4.10. The van der Waals surface area contributed by atoms with Gasteiger partial charge in [0.1, 0.15) is 0 Å². The molecule has 1 aromatic rings. The smallest absolute Gasteiger partial charge is 0.315 e. The number of carbonyl (C=O) groups is 1. The summed E-state index contributed by atoms with van der Waals surface area (Å²) in [5.74, 6) is 0. The second kappa shape index (κ2) is 9.23. The van der Waals surface area contributed by atoms with Crippen molar-refractivity contribution in [3.05, 3.63) is 35.4 Å². The van der Waals surface area contributed by atoms with E-state index in [0.29, 0.717) is 12.1 Å². The lowest BCUT2D eigenvalue weighted by molar-refractivity contribution is 0.185. The first-order valence-corrected chi connectivity index (χ1v) is 10.0. The van der Waals surface area contributed by atoms with E-state index in [0.717, 1.165) is 45.3 Å². The van der Waals surface area contributed by atoms with Gasteiger partial charge in [-0.1, -0.05) is 49.9 Å². The van der Waals surface area contributed by atoms with Crippen molar-refractivity contribution < 1.29 is 4.79 Å². The molecule has 0 spiro atoms. The quantitative estimate of drug-likeness (QED) is 0.812. The van der Waals surface area contributed by atoms with E-state index in [-0.39, 0.29) is 6.03 Å². The molecule has 2 aliphatic rings. The summed E-state index contributed by atoms with van der Waals surface area (Å²) in [6.07, 6.45) is 9.52. The van der Waals surface area contributed by atoms with Crippen LogP contribution in [0, 0.1) is 6.92 Å². The molecule has 0 atom stereocenters. The third kappa shape index (κ3) is 5.74. The van der Waals surface area contributed by atoms with Crippen molar-refractivity contribution in [3.63, 3.8) is 0 Å². The average molecular weight is 344 g/mol. The summed E-state index contributed by atoms with van der Waals surface area (Å²) in [7, 11) is 0. The summed E-state index contributed by atoms with van der Waals surface area (Å²) in [5, 5.41) is 6.41. The molecule has 0 radical (unpaired) electrons. The minimum atomic E-state index is 0.0456. The van der Waals surface area contributed by atoms with Crippen LogP contribution in [0.2, 0.25) is 0 Å². The van der Waals surface area contributed by atoms with Gasteiger partial charge in [-0.15, -0.1) is 0 Å². The molecular weight excluding hydrogens is 310 g/mol. The Kier molecular flexibility index (Phi) is 6.74. The molecule has 1 aliphatic carbocycles. The highest BCUT2D eigenvalue weighted by Crippen LogP contribution is 2.18. The number of urea groups is 1. The average Bonchev–Trinajstić information content (AvgIpc) is 2.87. The number of aryl methyl sites for hydroxylation is 1. The summed E-state index contributed by atoms with van der Waals surface area (Å²) in [6, 6.07) is 9.37. The van der Waals surface area contributed by atoms with Gasteiger partial charge in [0.05, 0.1) is 0 Å². The summed E-state index contributed by atoms with van der Waals surface area (Å²) < 4.78 is 0. The molecule has 2 fully saturated rings. The SMILES string of the molecule is Cc1ccccc1CN1CCC(NC(=O)NC2CCCCCC2)CC1. The monoisotopic (exact) mass is 343 g/mol. The van der Waals surface area contributed by atoms with Crippen molar-refractivity contribution in [2.75, 3.05) is 13.1 Å². The molecule has 1 saturated heterocycles. The fourth-order valence-electron chi connectivity index (χ4n) is 4.10. The van der Waals surface area contributed by atoms with Crippen LogP contribution in [0.25, 0.3) is 0 Å². The maximum Gasteiger partial charge on any atom is 0.315 e. The molecule has 1 aliphatic heterocycles. The highest BCUT2D eigenvalue weighted by atomic mass is 16.2. The number of benzene rings is 1. The van der Waals surface area contributed by atoms with Crippen LogP contribution in [0.5, 0.6) is 0 Å². The normalized spacial score (nSPS) is 20.8. The lowest BCUT2D eigenvalue weighted by Gasteiger charge is -2.33. The first kappa shape index (κ1) is 18.2. The number of hydrogen-bond acceptors (Lipinski definition) is 2. The Balaban J connectivity index is 1.38. The van der Waals surface area contributed by atoms with Gasteiger partial charge in [-0.3, -0.25) is 4.90 Å². The Bertz CT molecular complexity index is 544. The van der Waals surface area contributed by atoms with Crippen molar-refractivity contribution >= 4 is 6.03 Å². The molecule has 4 nitrogen and oxygen atoms in total. The number of nitrogens with zero attached hydrogens (tertiary/aromatic N) is 1. The number of hydrogen-bond donors (Lipinski definition) is 2. The predicted octanol–water partition coefficient (Wildman–Crippen LogP) is 3.98. The fraction of sp³-hybridized carbons (Fsp3) is 0.667. The Labute approximate surface area is 152 Å². The van der Waals surface area contributed by atoms with Crippen molar-refractivity contribution in [1.29, 1.82) is 0 Å². The number of amides is 2. The Morgan fingerprint density at radius 3 is 2.20 bits per heavy atom. The van der Waals surface area contributed by atoms with Crippen LogP contribution in [0.3, 0.4) is 0 Å². The van der Waals surface area contributed by atoms with Crippen LogP contribution >= 0.6 is 0 Å². The van der Waals surface area contributed by atoms with Crippen molar-refractivity contribution in [1.82, 2.24) is 15.5 Å². The number of likely N-dealkylation sites (tertiary alicyclic amines) is 1. The van der Waals surface area contributed by atoms with Crippen molar-refractivity contribution in [3.8, 4) is 0 Å². The second-order valence-electron chi connectivity index (χ2n) is 7.78. The molecule has 1 saturated carbocycles. The van der Waals surface area contributed by atoms with Crippen LogP contribution in [0.4, 0.5) is 4.79 Å². The standard InChI is InChI=1S/C21H33N3O/c1-17-8-6-7-9-18(17)16-24-14-12-20(13-15-24)23-21(25)22-19-10-4-2-3-5-11-19/h6-9,19-20H,2-5,10-16H2,1H3,(H2,22,23,25). The molecule has 2 N–H and O–H groups in total. The highest BCUT2D eigenvalue weighted by Gasteiger charge is 2.22. The molecule has 138 valence electrons. The van der Waals surface area contributed by atoms with Gasteiger partial charge in [-0.25, -0.2) is 4.79 Å². The van der Waals surface area contributed by atoms with Crippen LogP contribution in [-0.4, -0.2) is 36.1 Å². The van der Waals surface area contributed by atoms with Crippen molar-refractivity contribution in [2.45, 2.75) is 76.9 Å². The largest absolute Gasteiger partial charge is 0.335 e. The third-order valence-electron chi connectivity index (χ3n) is 5.77. The Morgan fingerprint density at radius 1 is 0.960 bits per heavy atom. The molecule has 25 heavy (non-hydrogen) atoms. The van der Waals surface area contributed by atoms with Gasteiger partial charge in [0, 0.05) is 31.7 Å².